The second-order valence-electron chi connectivity index (χ2n) is 6.44. The topological polar surface area (TPSA) is 84.5 Å². The molecule has 1 saturated heterocycles. The summed E-state index contributed by atoms with van der Waals surface area (Å²) in [6, 6.07) is 8.22. The fraction of sp³-hybridized carbons (Fsp3) is 0.500. The first kappa shape index (κ1) is 18.0. The van der Waals surface area contributed by atoms with Crippen molar-refractivity contribution in [2.24, 2.45) is 5.92 Å². The van der Waals surface area contributed by atoms with Crippen LogP contribution in [-0.2, 0) is 25.7 Å². The minimum atomic E-state index is -0.676. The molecule has 6 heteroatoms. The van der Waals surface area contributed by atoms with Crippen LogP contribution in [-0.4, -0.2) is 29.9 Å². The number of esters is 1. The van der Waals surface area contributed by atoms with E-state index in [1.807, 2.05) is 44.2 Å². The van der Waals surface area contributed by atoms with Crippen LogP contribution in [0.15, 0.2) is 30.3 Å². The summed E-state index contributed by atoms with van der Waals surface area (Å²) in [6.45, 7) is 4.20. The molecule has 6 nitrogen and oxygen atoms in total. The highest BCUT2D eigenvalue weighted by molar-refractivity contribution is 5.97. The van der Waals surface area contributed by atoms with Crippen LogP contribution in [0.25, 0.3) is 0 Å². The molecule has 2 N–H and O–H groups in total. The van der Waals surface area contributed by atoms with Crippen molar-refractivity contribution in [2.75, 3.05) is 0 Å². The van der Waals surface area contributed by atoms with E-state index in [0.717, 1.165) is 5.56 Å². The summed E-state index contributed by atoms with van der Waals surface area (Å²) in [6.07, 6.45) is 0.920. The summed E-state index contributed by atoms with van der Waals surface area (Å²) in [5.41, 5.74) is 0.908. The van der Waals surface area contributed by atoms with Crippen LogP contribution >= 0.6 is 0 Å². The highest BCUT2D eigenvalue weighted by Crippen LogP contribution is 2.11. The smallest absolute Gasteiger partial charge is 0.306 e. The van der Waals surface area contributed by atoms with Gasteiger partial charge >= 0.3 is 5.97 Å². The van der Waals surface area contributed by atoms with Crippen LogP contribution in [0.3, 0.4) is 0 Å². The number of rotatable bonds is 7. The summed E-state index contributed by atoms with van der Waals surface area (Å²) in [5, 5.41) is 5.42. The molecule has 0 spiro atoms. The first-order valence-electron chi connectivity index (χ1n) is 8.26. The van der Waals surface area contributed by atoms with E-state index in [4.69, 9.17) is 4.74 Å². The minimum absolute atomic E-state index is 0.0834. The Labute approximate surface area is 142 Å². The van der Waals surface area contributed by atoms with E-state index in [2.05, 4.69) is 10.6 Å². The van der Waals surface area contributed by atoms with E-state index in [0.29, 0.717) is 12.3 Å². The van der Waals surface area contributed by atoms with Gasteiger partial charge in [-0.2, -0.15) is 0 Å². The molecule has 1 aromatic rings. The third kappa shape index (κ3) is 5.37. The number of hydrogen-bond acceptors (Lipinski definition) is 4. The molecule has 0 saturated carbocycles. The maximum atomic E-state index is 12.0. The Morgan fingerprint density at radius 1 is 1.08 bits per heavy atom. The predicted octanol–water partition coefficient (Wildman–Crippen LogP) is 1.54. The van der Waals surface area contributed by atoms with Gasteiger partial charge in [-0.3, -0.25) is 14.4 Å². The Morgan fingerprint density at radius 3 is 2.38 bits per heavy atom. The van der Waals surface area contributed by atoms with Gasteiger partial charge in [0.1, 0.15) is 18.7 Å². The molecule has 1 aliphatic heterocycles. The molecule has 1 aliphatic rings. The van der Waals surface area contributed by atoms with Crippen molar-refractivity contribution in [1.29, 1.82) is 0 Å². The lowest BCUT2D eigenvalue weighted by Gasteiger charge is -2.30. The number of carbonyl (C=O) groups is 3. The van der Waals surface area contributed by atoms with Crippen LogP contribution in [0, 0.1) is 5.92 Å². The van der Waals surface area contributed by atoms with Gasteiger partial charge < -0.3 is 15.4 Å². The van der Waals surface area contributed by atoms with Crippen LogP contribution in [0.5, 0.6) is 0 Å². The first-order valence-corrected chi connectivity index (χ1v) is 8.26. The van der Waals surface area contributed by atoms with E-state index >= 15 is 0 Å². The molecule has 0 aliphatic carbocycles. The Balaban J connectivity index is 1.74. The normalized spacial score (nSPS) is 20.5. The zero-order valence-electron chi connectivity index (χ0n) is 14.1. The number of carbonyl (C=O) groups excluding carboxylic acids is 3. The summed E-state index contributed by atoms with van der Waals surface area (Å²) in [5.74, 6) is -0.502. The second kappa shape index (κ2) is 8.47. The largest absolute Gasteiger partial charge is 0.461 e. The maximum Gasteiger partial charge on any atom is 0.306 e. The van der Waals surface area contributed by atoms with E-state index in [-0.39, 0.29) is 37.2 Å². The number of ether oxygens (including phenoxy) is 1. The fourth-order valence-corrected chi connectivity index (χ4v) is 2.59. The highest BCUT2D eigenvalue weighted by Gasteiger charge is 2.33. The standard InChI is InChI=1S/C18H24N2O4/c1-12(2)10-15-18(23)19-14(17(22)20-15)8-9-16(21)24-11-13-6-4-3-5-7-13/h3-7,12,14-15H,8-11H2,1-2H3,(H,19,23)(H,20,22)/t14-,15-/m0/s1. The van der Waals surface area contributed by atoms with Crippen LogP contribution in [0.1, 0.15) is 38.7 Å². The molecule has 2 amide bonds. The van der Waals surface area contributed by atoms with Gasteiger partial charge in [0.25, 0.3) is 0 Å². The Bertz CT molecular complexity index is 586. The SMILES string of the molecule is CC(C)C[C@@H]1NC(=O)[C@H](CCC(=O)OCc2ccccc2)NC1=O. The van der Waals surface area contributed by atoms with Crippen LogP contribution in [0.4, 0.5) is 0 Å². The van der Waals surface area contributed by atoms with E-state index in [1.54, 1.807) is 0 Å². The number of amides is 2. The van der Waals surface area contributed by atoms with Gasteiger partial charge in [-0.05, 0) is 24.3 Å². The molecular formula is C18H24N2O4. The van der Waals surface area contributed by atoms with Gasteiger partial charge in [0, 0.05) is 6.42 Å². The molecular weight excluding hydrogens is 308 g/mol. The van der Waals surface area contributed by atoms with Crippen molar-refractivity contribution in [3.63, 3.8) is 0 Å². The number of hydrogen-bond donors (Lipinski definition) is 2. The van der Waals surface area contributed by atoms with E-state index in [1.165, 1.54) is 0 Å². The van der Waals surface area contributed by atoms with E-state index < -0.39 is 12.1 Å². The third-order valence-corrected chi connectivity index (χ3v) is 3.85. The van der Waals surface area contributed by atoms with Crippen molar-refractivity contribution in [3.05, 3.63) is 35.9 Å². The third-order valence-electron chi connectivity index (χ3n) is 3.85. The molecule has 130 valence electrons. The minimum Gasteiger partial charge on any atom is -0.461 e. The Morgan fingerprint density at radius 2 is 1.71 bits per heavy atom. The molecule has 0 aromatic heterocycles. The lowest BCUT2D eigenvalue weighted by atomic mass is 9.99. The van der Waals surface area contributed by atoms with Gasteiger partial charge in [0.15, 0.2) is 0 Å². The van der Waals surface area contributed by atoms with Gasteiger partial charge in [-0.25, -0.2) is 0 Å². The zero-order valence-corrected chi connectivity index (χ0v) is 14.1. The quantitative estimate of drug-likeness (QED) is 0.742. The predicted molar refractivity (Wildman–Crippen MR) is 88.8 cm³/mol. The molecule has 24 heavy (non-hydrogen) atoms. The van der Waals surface area contributed by atoms with E-state index in [9.17, 15) is 14.4 Å². The second-order valence-corrected chi connectivity index (χ2v) is 6.44. The number of piperazine rings is 1. The van der Waals surface area contributed by atoms with Crippen molar-refractivity contribution in [1.82, 2.24) is 10.6 Å². The lowest BCUT2D eigenvalue weighted by molar-refractivity contribution is -0.146. The van der Waals surface area contributed by atoms with Gasteiger partial charge in [0.05, 0.1) is 0 Å². The van der Waals surface area contributed by atoms with Gasteiger partial charge in [-0.15, -0.1) is 0 Å². The highest BCUT2D eigenvalue weighted by atomic mass is 16.5. The van der Waals surface area contributed by atoms with Crippen molar-refractivity contribution >= 4 is 17.8 Å². The maximum absolute atomic E-state index is 12.0. The van der Waals surface area contributed by atoms with Crippen LogP contribution < -0.4 is 10.6 Å². The number of benzene rings is 1. The zero-order chi connectivity index (χ0) is 17.5. The average molecular weight is 332 g/mol. The molecule has 0 unspecified atom stereocenters. The summed E-state index contributed by atoms with van der Waals surface area (Å²) in [7, 11) is 0. The average Bonchev–Trinajstić information content (AvgIpc) is 2.55. The van der Waals surface area contributed by atoms with Gasteiger partial charge in [-0.1, -0.05) is 44.2 Å². The van der Waals surface area contributed by atoms with Crippen molar-refractivity contribution < 1.29 is 19.1 Å². The fourth-order valence-electron chi connectivity index (χ4n) is 2.59. The Hall–Kier alpha value is -2.37. The number of nitrogens with one attached hydrogen (secondary N) is 2. The molecule has 2 atom stereocenters. The molecule has 1 fully saturated rings. The molecule has 2 rings (SSSR count). The van der Waals surface area contributed by atoms with Crippen molar-refractivity contribution in [2.45, 2.75) is 51.8 Å². The Kier molecular flexibility index (Phi) is 6.35. The lowest BCUT2D eigenvalue weighted by Crippen LogP contribution is -2.61. The van der Waals surface area contributed by atoms with Crippen LogP contribution in [0.2, 0.25) is 0 Å². The first-order chi connectivity index (χ1) is 11.5. The molecule has 0 bridgehead atoms. The molecule has 0 radical (unpaired) electrons. The van der Waals surface area contributed by atoms with Gasteiger partial charge in [0.2, 0.25) is 11.8 Å². The van der Waals surface area contributed by atoms with Crippen molar-refractivity contribution in [3.8, 4) is 0 Å². The molecule has 1 aromatic carbocycles. The molecule has 1 heterocycles. The summed E-state index contributed by atoms with van der Waals surface area (Å²) >= 11 is 0. The summed E-state index contributed by atoms with van der Waals surface area (Å²) in [4.78, 5) is 35.8. The summed E-state index contributed by atoms with van der Waals surface area (Å²) < 4.78 is 5.17. The monoisotopic (exact) mass is 332 g/mol.